The fourth-order valence-corrected chi connectivity index (χ4v) is 0.711. The van der Waals surface area contributed by atoms with Crippen molar-refractivity contribution in [3.8, 4) is 0 Å². The second-order valence-corrected chi connectivity index (χ2v) is 2.57. The molecule has 11 heavy (non-hydrogen) atoms. The topological polar surface area (TPSA) is 12.0 Å². The van der Waals surface area contributed by atoms with E-state index in [9.17, 15) is 0 Å². The Balaban J connectivity index is 3.98. The van der Waals surface area contributed by atoms with E-state index in [1.165, 1.54) is 5.57 Å². The third-order valence-corrected chi connectivity index (χ3v) is 1.33. The number of nitrogens with one attached hydrogen (secondary N) is 1. The summed E-state index contributed by atoms with van der Waals surface area (Å²) in [5.74, 6) is 0. The Hall–Kier alpha value is -0.820. The molecule has 0 bridgehead atoms. The average Bonchev–Trinajstić information content (AvgIpc) is 1.97. The lowest BCUT2D eigenvalue weighted by atomic mass is 10.2. The van der Waals surface area contributed by atoms with Crippen molar-refractivity contribution in [2.45, 2.75) is 13.8 Å². The molecule has 0 aliphatic heterocycles. The van der Waals surface area contributed by atoms with Crippen LogP contribution in [0.3, 0.4) is 0 Å². The Bertz CT molecular complexity index is 175. The van der Waals surface area contributed by atoms with Crippen LogP contribution >= 0.6 is 0 Å². The lowest BCUT2D eigenvalue weighted by molar-refractivity contribution is 0.894. The van der Waals surface area contributed by atoms with Gasteiger partial charge < -0.3 is 5.32 Å². The molecular weight excluding hydrogens is 134 g/mol. The largest absolute Gasteiger partial charge is 0.316 e. The van der Waals surface area contributed by atoms with E-state index in [0.29, 0.717) is 0 Å². The van der Waals surface area contributed by atoms with E-state index in [4.69, 9.17) is 0 Å². The summed E-state index contributed by atoms with van der Waals surface area (Å²) in [6.07, 6.45) is 6.20. The van der Waals surface area contributed by atoms with Crippen LogP contribution in [0.15, 0.2) is 36.0 Å². The van der Waals surface area contributed by atoms with E-state index < -0.39 is 0 Å². The van der Waals surface area contributed by atoms with Gasteiger partial charge in [0, 0.05) is 6.54 Å². The quantitative estimate of drug-likeness (QED) is 0.608. The maximum Gasteiger partial charge on any atom is 0.0199 e. The van der Waals surface area contributed by atoms with Crippen LogP contribution in [0.1, 0.15) is 13.8 Å². The van der Waals surface area contributed by atoms with Crippen LogP contribution < -0.4 is 5.32 Å². The summed E-state index contributed by atoms with van der Waals surface area (Å²) in [5.41, 5.74) is 2.37. The van der Waals surface area contributed by atoms with Crippen molar-refractivity contribution in [1.29, 1.82) is 0 Å². The summed E-state index contributed by atoms with van der Waals surface area (Å²) >= 11 is 0. The Morgan fingerprint density at radius 2 is 2.09 bits per heavy atom. The maximum atomic E-state index is 3.79. The van der Waals surface area contributed by atoms with Gasteiger partial charge in [0.15, 0.2) is 0 Å². The van der Waals surface area contributed by atoms with Gasteiger partial charge in [-0.05, 0) is 26.5 Å². The molecule has 0 aromatic carbocycles. The maximum absolute atomic E-state index is 3.79. The molecule has 0 spiro atoms. The summed E-state index contributed by atoms with van der Waals surface area (Å²) < 4.78 is 0. The monoisotopic (exact) mass is 151 g/mol. The normalized spacial score (nSPS) is 12.5. The molecule has 0 aromatic rings. The number of hydrogen-bond acceptors (Lipinski definition) is 1. The average molecular weight is 151 g/mol. The lowest BCUT2D eigenvalue weighted by Gasteiger charge is -1.98. The van der Waals surface area contributed by atoms with Crippen LogP contribution in [0.5, 0.6) is 0 Å². The number of likely N-dealkylation sites (N-methyl/N-ethyl adjacent to an activating group) is 1. The smallest absolute Gasteiger partial charge is 0.0199 e. The van der Waals surface area contributed by atoms with E-state index in [2.05, 4.69) is 24.0 Å². The molecule has 0 rings (SSSR count). The third kappa shape index (κ3) is 5.62. The van der Waals surface area contributed by atoms with Crippen molar-refractivity contribution in [2.24, 2.45) is 0 Å². The fraction of sp³-hybridized carbons (Fsp3) is 0.400. The zero-order valence-electron chi connectivity index (χ0n) is 7.65. The second-order valence-electron chi connectivity index (χ2n) is 2.57. The molecule has 1 N–H and O–H groups in total. The molecule has 1 heteroatoms. The highest BCUT2D eigenvalue weighted by Crippen LogP contribution is 1.97. The molecule has 0 unspecified atom stereocenters. The van der Waals surface area contributed by atoms with Gasteiger partial charge in [-0.3, -0.25) is 0 Å². The van der Waals surface area contributed by atoms with Crippen LogP contribution in [-0.4, -0.2) is 13.6 Å². The Morgan fingerprint density at radius 3 is 2.45 bits per heavy atom. The van der Waals surface area contributed by atoms with Crippen molar-refractivity contribution < 1.29 is 0 Å². The molecule has 62 valence electrons. The first-order valence-electron chi connectivity index (χ1n) is 3.84. The molecule has 0 aliphatic rings. The van der Waals surface area contributed by atoms with Gasteiger partial charge in [-0.1, -0.05) is 30.4 Å². The van der Waals surface area contributed by atoms with E-state index >= 15 is 0 Å². The Labute approximate surface area is 69.5 Å². The van der Waals surface area contributed by atoms with Crippen molar-refractivity contribution >= 4 is 0 Å². The molecule has 1 nitrogen and oxygen atoms in total. The summed E-state index contributed by atoms with van der Waals surface area (Å²) in [7, 11) is 1.94. The molecule has 0 amide bonds. The minimum Gasteiger partial charge on any atom is -0.316 e. The van der Waals surface area contributed by atoms with E-state index in [1.54, 1.807) is 0 Å². The Kier molecular flexibility index (Phi) is 5.49. The molecular formula is C10H17N. The van der Waals surface area contributed by atoms with Gasteiger partial charge in [0.1, 0.15) is 0 Å². The third-order valence-electron chi connectivity index (χ3n) is 1.33. The van der Waals surface area contributed by atoms with Crippen molar-refractivity contribution in [2.75, 3.05) is 13.6 Å². The standard InChI is InChI=1S/C10H17N/c1-5-10(8-11-4)7-6-9(2)3/h5-7,11H,2,8H2,1,3-4H3/b7-6-,10-5+. The van der Waals surface area contributed by atoms with Crippen molar-refractivity contribution in [3.05, 3.63) is 36.0 Å². The summed E-state index contributed by atoms with van der Waals surface area (Å²) in [6, 6.07) is 0. The lowest BCUT2D eigenvalue weighted by Crippen LogP contribution is -2.08. The van der Waals surface area contributed by atoms with Gasteiger partial charge in [0.2, 0.25) is 0 Å². The summed E-state index contributed by atoms with van der Waals surface area (Å²) in [6.45, 7) is 8.73. The predicted octanol–water partition coefficient (Wildman–Crippen LogP) is 2.28. The van der Waals surface area contributed by atoms with Crippen LogP contribution in [0.2, 0.25) is 0 Å². The molecule has 0 fully saturated rings. The van der Waals surface area contributed by atoms with Gasteiger partial charge in [-0.25, -0.2) is 0 Å². The first-order valence-corrected chi connectivity index (χ1v) is 3.84. The highest BCUT2D eigenvalue weighted by Gasteiger charge is 1.85. The van der Waals surface area contributed by atoms with Crippen LogP contribution in [0.25, 0.3) is 0 Å². The van der Waals surface area contributed by atoms with Gasteiger partial charge >= 0.3 is 0 Å². The molecule has 0 saturated carbocycles. The van der Waals surface area contributed by atoms with Crippen molar-refractivity contribution in [3.63, 3.8) is 0 Å². The fourth-order valence-electron chi connectivity index (χ4n) is 0.711. The minimum absolute atomic E-state index is 0.917. The summed E-state index contributed by atoms with van der Waals surface area (Å²) in [4.78, 5) is 0. The van der Waals surface area contributed by atoms with Gasteiger partial charge in [-0.15, -0.1) is 0 Å². The minimum atomic E-state index is 0.917. The van der Waals surface area contributed by atoms with E-state index in [1.807, 2.05) is 27.0 Å². The summed E-state index contributed by atoms with van der Waals surface area (Å²) in [5, 5.41) is 3.09. The molecule has 0 aromatic heterocycles. The van der Waals surface area contributed by atoms with Gasteiger partial charge in [0.25, 0.3) is 0 Å². The Morgan fingerprint density at radius 1 is 1.45 bits per heavy atom. The molecule has 0 aliphatic carbocycles. The van der Waals surface area contributed by atoms with Crippen LogP contribution in [-0.2, 0) is 0 Å². The van der Waals surface area contributed by atoms with E-state index in [-0.39, 0.29) is 0 Å². The molecule has 0 saturated heterocycles. The van der Waals surface area contributed by atoms with Crippen LogP contribution in [0.4, 0.5) is 0 Å². The first kappa shape index (κ1) is 10.2. The van der Waals surface area contributed by atoms with Crippen LogP contribution in [0, 0.1) is 0 Å². The number of rotatable bonds is 4. The SMILES string of the molecule is C=C(C)/C=C\C(=C/C)CNC. The number of hydrogen-bond donors (Lipinski definition) is 1. The van der Waals surface area contributed by atoms with Gasteiger partial charge in [-0.2, -0.15) is 0 Å². The molecule has 0 radical (unpaired) electrons. The molecule has 0 atom stereocenters. The second kappa shape index (κ2) is 5.93. The zero-order valence-corrected chi connectivity index (χ0v) is 7.65. The number of allylic oxidation sites excluding steroid dienone is 3. The first-order chi connectivity index (χ1) is 5.20. The predicted molar refractivity (Wildman–Crippen MR) is 51.6 cm³/mol. The zero-order chi connectivity index (χ0) is 8.69. The van der Waals surface area contributed by atoms with E-state index in [0.717, 1.165) is 12.1 Å². The van der Waals surface area contributed by atoms with Crippen molar-refractivity contribution in [1.82, 2.24) is 5.32 Å². The highest BCUT2D eigenvalue weighted by molar-refractivity contribution is 5.25. The highest BCUT2D eigenvalue weighted by atomic mass is 14.8. The van der Waals surface area contributed by atoms with Gasteiger partial charge in [0.05, 0.1) is 0 Å². The molecule has 0 heterocycles.